The van der Waals surface area contributed by atoms with E-state index >= 15 is 0 Å². The van der Waals surface area contributed by atoms with Crippen molar-refractivity contribution < 1.29 is 9.47 Å². The van der Waals surface area contributed by atoms with Gasteiger partial charge in [0, 0.05) is 11.0 Å². The van der Waals surface area contributed by atoms with E-state index in [0.717, 1.165) is 50.5 Å². The van der Waals surface area contributed by atoms with Crippen molar-refractivity contribution in [2.45, 2.75) is 0 Å². The van der Waals surface area contributed by atoms with E-state index in [9.17, 15) is 0 Å². The van der Waals surface area contributed by atoms with Crippen molar-refractivity contribution >= 4 is 51.9 Å². The van der Waals surface area contributed by atoms with Gasteiger partial charge in [0.25, 0.3) is 6.71 Å². The monoisotopic (exact) mass is 680 g/mol. The summed E-state index contributed by atoms with van der Waals surface area (Å²) in [6.07, 6.45) is 0. The van der Waals surface area contributed by atoms with Gasteiger partial charge in [-0.05, 0) is 78.7 Å². The Hall–Kier alpha value is -6.36. The van der Waals surface area contributed by atoms with Gasteiger partial charge < -0.3 is 9.47 Å². The Morgan fingerprint density at radius 3 is 1.48 bits per heavy atom. The minimum Gasteiger partial charge on any atom is -0.458 e. The highest BCUT2D eigenvalue weighted by Gasteiger charge is 2.43. The lowest BCUT2D eigenvalue weighted by molar-refractivity contribution is 0.465. The first-order valence-corrected chi connectivity index (χ1v) is 19.9. The molecule has 10 rings (SSSR count). The van der Waals surface area contributed by atoms with E-state index in [0.29, 0.717) is 0 Å². The summed E-state index contributed by atoms with van der Waals surface area (Å²) in [4.78, 5) is 0. The van der Waals surface area contributed by atoms with Gasteiger partial charge in [0.05, 0.1) is 0 Å². The summed E-state index contributed by atoms with van der Waals surface area (Å²) < 4.78 is 13.4. The minimum atomic E-state index is -2.78. The van der Waals surface area contributed by atoms with Crippen LogP contribution >= 0.6 is 0 Å². The number of rotatable bonds is 6. The third-order valence-electron chi connectivity index (χ3n) is 10.8. The lowest BCUT2D eigenvalue weighted by Gasteiger charge is -2.36. The Balaban J connectivity index is 1.18. The van der Waals surface area contributed by atoms with Gasteiger partial charge in [-0.3, -0.25) is 0 Å². The molecule has 0 spiro atoms. The summed E-state index contributed by atoms with van der Waals surface area (Å²) in [6, 6.07) is 72.5. The van der Waals surface area contributed by atoms with E-state index in [2.05, 4.69) is 194 Å². The Morgan fingerprint density at radius 1 is 0.365 bits per heavy atom. The maximum Gasteiger partial charge on any atom is 0.260 e. The van der Waals surface area contributed by atoms with Crippen LogP contribution in [0.5, 0.6) is 23.0 Å². The van der Waals surface area contributed by atoms with Gasteiger partial charge in [-0.1, -0.05) is 170 Å². The zero-order valence-corrected chi connectivity index (χ0v) is 29.4. The van der Waals surface area contributed by atoms with Gasteiger partial charge in [0.2, 0.25) is 0 Å². The largest absolute Gasteiger partial charge is 0.458 e. The molecule has 4 heteroatoms. The average molecular weight is 681 g/mol. The number of hydrogen-bond donors (Lipinski definition) is 0. The molecule has 0 aliphatic carbocycles. The predicted octanol–water partition coefficient (Wildman–Crippen LogP) is 7.13. The van der Waals surface area contributed by atoms with Gasteiger partial charge in [0.1, 0.15) is 23.0 Å². The maximum atomic E-state index is 6.85. The van der Waals surface area contributed by atoms with Crippen molar-refractivity contribution in [3.63, 3.8) is 0 Å². The topological polar surface area (TPSA) is 18.5 Å². The molecule has 0 N–H and O–H groups in total. The molecule has 52 heavy (non-hydrogen) atoms. The molecular formula is C48H33BO2Si. The van der Waals surface area contributed by atoms with E-state index in [1.165, 1.54) is 31.9 Å². The van der Waals surface area contributed by atoms with Crippen LogP contribution in [-0.2, 0) is 0 Å². The Bertz CT molecular complexity index is 2480. The Morgan fingerprint density at radius 2 is 0.865 bits per heavy atom. The first-order valence-electron chi connectivity index (χ1n) is 17.9. The number of fused-ring (bicyclic) bond motifs is 4. The standard InChI is InChI=1S/C48H33BO2Si/c1-4-19-36(20-5-1)52(37-21-6-2-7-22-37,38-23-8-3-9-24-38)46-30-15-10-25-39(46)34-17-16-18-35(33-34)40-31-32-45-47-48(40)51-44-29-14-12-27-42(44)49(47)41-26-11-13-28-43(41)50-45/h1-33H. The zero-order chi connectivity index (χ0) is 34.5. The summed E-state index contributed by atoms with van der Waals surface area (Å²) in [7, 11) is -2.78. The van der Waals surface area contributed by atoms with Crippen LogP contribution < -0.4 is 46.6 Å². The summed E-state index contributed by atoms with van der Waals surface area (Å²) in [5.41, 5.74) is 7.98. The average Bonchev–Trinajstić information content (AvgIpc) is 3.22. The van der Waals surface area contributed by atoms with Crippen LogP contribution in [0.15, 0.2) is 200 Å². The van der Waals surface area contributed by atoms with Crippen LogP contribution in [0, 0.1) is 0 Å². The fourth-order valence-electron chi connectivity index (χ4n) is 8.56. The van der Waals surface area contributed by atoms with Crippen molar-refractivity contribution in [3.05, 3.63) is 200 Å². The van der Waals surface area contributed by atoms with Crippen LogP contribution in [-0.4, -0.2) is 14.8 Å². The molecule has 0 aromatic heterocycles. The van der Waals surface area contributed by atoms with E-state index < -0.39 is 8.07 Å². The molecule has 2 heterocycles. The first kappa shape index (κ1) is 30.5. The van der Waals surface area contributed by atoms with Crippen LogP contribution in [0.3, 0.4) is 0 Å². The molecule has 244 valence electrons. The van der Waals surface area contributed by atoms with Crippen LogP contribution in [0.4, 0.5) is 0 Å². The lowest BCUT2D eigenvalue weighted by Crippen LogP contribution is -2.75. The third-order valence-corrected chi connectivity index (χ3v) is 15.6. The van der Waals surface area contributed by atoms with Gasteiger partial charge in [-0.15, -0.1) is 0 Å². The number of hydrogen-bond acceptors (Lipinski definition) is 2. The molecule has 8 aromatic rings. The van der Waals surface area contributed by atoms with E-state index in [1.54, 1.807) is 0 Å². The van der Waals surface area contributed by atoms with Crippen molar-refractivity contribution in [1.29, 1.82) is 0 Å². The SMILES string of the molecule is c1ccc([Si](c2ccccc2)(c2ccccc2)c2ccccc2-c2cccc(-c3ccc4c5c3Oc3ccccc3B5c3ccccc3O4)c2)cc1. The molecule has 8 aromatic carbocycles. The quantitative estimate of drug-likeness (QED) is 0.138. The highest BCUT2D eigenvalue weighted by molar-refractivity contribution is 7.20. The summed E-state index contributed by atoms with van der Waals surface area (Å²) in [5.74, 6) is 3.50. The maximum absolute atomic E-state index is 6.85. The second-order valence-electron chi connectivity index (χ2n) is 13.5. The number of benzene rings is 8. The zero-order valence-electron chi connectivity index (χ0n) is 28.4. The predicted molar refractivity (Wildman–Crippen MR) is 219 cm³/mol. The second-order valence-corrected chi connectivity index (χ2v) is 17.3. The van der Waals surface area contributed by atoms with Gasteiger partial charge in [0.15, 0.2) is 8.07 Å². The highest BCUT2D eigenvalue weighted by atomic mass is 28.3. The lowest BCUT2D eigenvalue weighted by atomic mass is 9.34. The van der Waals surface area contributed by atoms with Gasteiger partial charge in [-0.25, -0.2) is 0 Å². The van der Waals surface area contributed by atoms with Gasteiger partial charge >= 0.3 is 0 Å². The summed E-state index contributed by atoms with van der Waals surface area (Å²) in [6.45, 7) is 0.0259. The minimum absolute atomic E-state index is 0.0259. The molecule has 2 aliphatic heterocycles. The summed E-state index contributed by atoms with van der Waals surface area (Å²) in [5, 5.41) is 5.42. The smallest absolute Gasteiger partial charge is 0.260 e. The molecule has 0 saturated carbocycles. The molecule has 0 saturated heterocycles. The molecule has 0 fully saturated rings. The van der Waals surface area contributed by atoms with Crippen LogP contribution in [0.25, 0.3) is 22.3 Å². The van der Waals surface area contributed by atoms with E-state index in [4.69, 9.17) is 9.47 Å². The van der Waals surface area contributed by atoms with Crippen LogP contribution in [0.2, 0.25) is 0 Å². The molecule has 2 aliphatic rings. The fourth-order valence-corrected chi connectivity index (χ4v) is 13.5. The summed E-state index contributed by atoms with van der Waals surface area (Å²) >= 11 is 0. The van der Waals surface area contributed by atoms with Crippen molar-refractivity contribution in [1.82, 2.24) is 0 Å². The normalized spacial score (nSPS) is 12.5. The molecular weight excluding hydrogens is 647 g/mol. The first-order chi connectivity index (χ1) is 25.8. The van der Waals surface area contributed by atoms with Crippen LogP contribution in [0.1, 0.15) is 0 Å². The van der Waals surface area contributed by atoms with Crippen molar-refractivity contribution in [3.8, 4) is 45.3 Å². The molecule has 0 radical (unpaired) electrons. The highest BCUT2D eigenvalue weighted by Crippen LogP contribution is 2.41. The van der Waals surface area contributed by atoms with E-state index in [-0.39, 0.29) is 6.71 Å². The van der Waals surface area contributed by atoms with E-state index in [1.807, 2.05) is 6.07 Å². The molecule has 0 atom stereocenters. The Kier molecular flexibility index (Phi) is 7.29. The fraction of sp³-hybridized carbons (Fsp3) is 0. The molecule has 0 amide bonds. The molecule has 0 unspecified atom stereocenters. The Labute approximate surface area is 305 Å². The number of para-hydroxylation sites is 2. The van der Waals surface area contributed by atoms with Crippen molar-refractivity contribution in [2.24, 2.45) is 0 Å². The molecule has 2 nitrogen and oxygen atoms in total. The van der Waals surface area contributed by atoms with Gasteiger partial charge in [-0.2, -0.15) is 0 Å². The number of ether oxygens (including phenoxy) is 2. The second kappa shape index (κ2) is 12.4. The van der Waals surface area contributed by atoms with Crippen molar-refractivity contribution in [2.75, 3.05) is 0 Å². The third kappa shape index (κ3) is 4.72. The molecule has 0 bridgehead atoms.